The topological polar surface area (TPSA) is 91.6 Å². The van der Waals surface area contributed by atoms with E-state index < -0.39 is 0 Å². The van der Waals surface area contributed by atoms with Crippen molar-refractivity contribution >= 4 is 11.8 Å². The molecule has 1 aromatic heterocycles. The molecule has 2 aliphatic rings. The van der Waals surface area contributed by atoms with Gasteiger partial charge in [0.15, 0.2) is 5.82 Å². The second-order valence-corrected chi connectivity index (χ2v) is 7.06. The van der Waals surface area contributed by atoms with Gasteiger partial charge in [-0.2, -0.15) is 4.98 Å². The molecule has 0 unspecified atom stereocenters. The van der Waals surface area contributed by atoms with Crippen LogP contribution in [-0.4, -0.2) is 71.5 Å². The molecule has 0 radical (unpaired) electrons. The minimum Gasteiger partial charge on any atom is -0.345 e. The lowest BCUT2D eigenvalue weighted by atomic mass is 9.88. The summed E-state index contributed by atoms with van der Waals surface area (Å²) < 4.78 is 4.95. The maximum Gasteiger partial charge on any atom is 0.226 e. The molecule has 0 bridgehead atoms. The zero-order valence-electron chi connectivity index (χ0n) is 15.0. The Labute approximate surface area is 147 Å². The van der Waals surface area contributed by atoms with E-state index in [2.05, 4.69) is 15.5 Å². The van der Waals surface area contributed by atoms with Crippen LogP contribution in [-0.2, 0) is 16.0 Å². The molecular weight excluding hydrogens is 322 g/mol. The van der Waals surface area contributed by atoms with E-state index in [1.807, 2.05) is 4.90 Å². The number of amides is 2. The van der Waals surface area contributed by atoms with Crippen LogP contribution in [0.3, 0.4) is 0 Å². The van der Waals surface area contributed by atoms with Crippen LogP contribution < -0.4 is 5.32 Å². The van der Waals surface area contributed by atoms with Gasteiger partial charge in [-0.1, -0.05) is 5.16 Å². The van der Waals surface area contributed by atoms with Crippen molar-refractivity contribution in [1.29, 1.82) is 0 Å². The Balaban J connectivity index is 1.51. The van der Waals surface area contributed by atoms with Gasteiger partial charge in [-0.3, -0.25) is 9.59 Å². The summed E-state index contributed by atoms with van der Waals surface area (Å²) in [6.45, 7) is 5.31. The molecule has 25 heavy (non-hydrogen) atoms. The van der Waals surface area contributed by atoms with Crippen LogP contribution in [0.4, 0.5) is 0 Å². The number of rotatable bonds is 5. The molecule has 3 heterocycles. The van der Waals surface area contributed by atoms with Gasteiger partial charge in [0, 0.05) is 53.1 Å². The number of aryl methyl sites for hydroxylation is 1. The first-order chi connectivity index (χ1) is 12.0. The first kappa shape index (κ1) is 17.8. The number of carbonyl (C=O) groups excluding carboxylic acids is 2. The van der Waals surface area contributed by atoms with E-state index in [0.29, 0.717) is 44.2 Å². The highest BCUT2D eigenvalue weighted by Crippen LogP contribution is 2.22. The first-order valence-electron chi connectivity index (χ1n) is 9.08. The Morgan fingerprint density at radius 2 is 2.00 bits per heavy atom. The smallest absolute Gasteiger partial charge is 0.226 e. The Hall–Kier alpha value is -1.96. The number of likely N-dealkylation sites (N-methyl/N-ethyl adjacent to an activating group) is 1. The molecule has 8 heteroatoms. The zero-order valence-corrected chi connectivity index (χ0v) is 15.0. The Morgan fingerprint density at radius 1 is 1.28 bits per heavy atom. The highest BCUT2D eigenvalue weighted by Gasteiger charge is 2.35. The second-order valence-electron chi connectivity index (χ2n) is 7.06. The SMILES string of the molecule is Cc1nc(CCN(C)C(=O)[C@H]2CNC[C@@H](C(=O)N3CCCC3)C2)no1. The Morgan fingerprint density at radius 3 is 2.68 bits per heavy atom. The summed E-state index contributed by atoms with van der Waals surface area (Å²) in [5, 5.41) is 7.12. The van der Waals surface area contributed by atoms with Crippen molar-refractivity contribution in [1.82, 2.24) is 25.3 Å². The number of likely N-dealkylation sites (tertiary alicyclic amines) is 1. The third-order valence-corrected chi connectivity index (χ3v) is 5.08. The van der Waals surface area contributed by atoms with Crippen LogP contribution >= 0.6 is 0 Å². The number of aromatic nitrogens is 2. The van der Waals surface area contributed by atoms with Gasteiger partial charge in [0.05, 0.1) is 11.8 Å². The lowest BCUT2D eigenvalue weighted by Gasteiger charge is -2.33. The molecule has 2 amide bonds. The molecule has 0 aromatic carbocycles. The van der Waals surface area contributed by atoms with E-state index >= 15 is 0 Å². The van der Waals surface area contributed by atoms with Crippen molar-refractivity contribution in [3.05, 3.63) is 11.7 Å². The van der Waals surface area contributed by atoms with E-state index in [4.69, 9.17) is 4.52 Å². The zero-order chi connectivity index (χ0) is 17.8. The van der Waals surface area contributed by atoms with Crippen LogP contribution in [0.25, 0.3) is 0 Å². The molecule has 0 aliphatic carbocycles. The fraction of sp³-hybridized carbons (Fsp3) is 0.765. The summed E-state index contributed by atoms with van der Waals surface area (Å²) in [7, 11) is 1.79. The quantitative estimate of drug-likeness (QED) is 0.818. The molecule has 2 fully saturated rings. The highest BCUT2D eigenvalue weighted by molar-refractivity contribution is 5.83. The molecule has 2 saturated heterocycles. The predicted molar refractivity (Wildman–Crippen MR) is 90.7 cm³/mol. The van der Waals surface area contributed by atoms with Crippen molar-refractivity contribution in [2.45, 2.75) is 32.6 Å². The van der Waals surface area contributed by atoms with E-state index in [-0.39, 0.29) is 23.7 Å². The second kappa shape index (κ2) is 7.95. The van der Waals surface area contributed by atoms with E-state index in [9.17, 15) is 9.59 Å². The number of carbonyl (C=O) groups is 2. The summed E-state index contributed by atoms with van der Waals surface area (Å²) in [4.78, 5) is 33.1. The van der Waals surface area contributed by atoms with Gasteiger partial charge in [0.25, 0.3) is 0 Å². The van der Waals surface area contributed by atoms with Crippen molar-refractivity contribution in [2.75, 3.05) is 39.8 Å². The van der Waals surface area contributed by atoms with Crippen LogP contribution in [0.2, 0.25) is 0 Å². The van der Waals surface area contributed by atoms with Gasteiger partial charge in [0.2, 0.25) is 17.7 Å². The largest absolute Gasteiger partial charge is 0.345 e. The fourth-order valence-electron chi connectivity index (χ4n) is 3.65. The number of hydrogen-bond acceptors (Lipinski definition) is 6. The molecule has 3 rings (SSSR count). The summed E-state index contributed by atoms with van der Waals surface area (Å²) in [6.07, 6.45) is 3.38. The number of hydrogen-bond donors (Lipinski definition) is 1. The third-order valence-electron chi connectivity index (χ3n) is 5.08. The minimum atomic E-state index is -0.151. The van der Waals surface area contributed by atoms with E-state index in [0.717, 1.165) is 25.9 Å². The average Bonchev–Trinajstić information content (AvgIpc) is 3.30. The molecular formula is C17H27N5O3. The van der Waals surface area contributed by atoms with Gasteiger partial charge in [0.1, 0.15) is 0 Å². The first-order valence-corrected chi connectivity index (χ1v) is 9.08. The van der Waals surface area contributed by atoms with Gasteiger partial charge in [-0.25, -0.2) is 0 Å². The molecule has 138 valence electrons. The molecule has 0 spiro atoms. The summed E-state index contributed by atoms with van der Waals surface area (Å²) in [6, 6.07) is 0. The van der Waals surface area contributed by atoms with E-state index in [1.165, 1.54) is 0 Å². The highest BCUT2D eigenvalue weighted by atomic mass is 16.5. The summed E-state index contributed by atoms with van der Waals surface area (Å²) in [5.74, 6) is 1.18. The normalized spacial score (nSPS) is 23.7. The molecule has 1 N–H and O–H groups in total. The lowest BCUT2D eigenvalue weighted by Crippen LogP contribution is -2.49. The maximum atomic E-state index is 12.7. The molecule has 8 nitrogen and oxygen atoms in total. The number of nitrogens with one attached hydrogen (secondary N) is 1. The monoisotopic (exact) mass is 349 g/mol. The predicted octanol–water partition coefficient (Wildman–Crippen LogP) is 0.227. The number of piperidine rings is 1. The van der Waals surface area contributed by atoms with E-state index in [1.54, 1.807) is 18.9 Å². The van der Waals surface area contributed by atoms with Crippen LogP contribution in [0.15, 0.2) is 4.52 Å². The van der Waals surface area contributed by atoms with Crippen LogP contribution in [0.1, 0.15) is 31.0 Å². The number of nitrogens with zero attached hydrogens (tertiary/aromatic N) is 4. The molecule has 1 aromatic rings. The van der Waals surface area contributed by atoms with Crippen molar-refractivity contribution in [2.24, 2.45) is 11.8 Å². The minimum absolute atomic E-state index is 0.0756. The Bertz CT molecular complexity index is 611. The van der Waals surface area contributed by atoms with Crippen molar-refractivity contribution in [3.8, 4) is 0 Å². The maximum absolute atomic E-state index is 12.7. The molecule has 2 atom stereocenters. The van der Waals surface area contributed by atoms with Crippen LogP contribution in [0, 0.1) is 18.8 Å². The van der Waals surface area contributed by atoms with Gasteiger partial charge >= 0.3 is 0 Å². The summed E-state index contributed by atoms with van der Waals surface area (Å²) in [5.41, 5.74) is 0. The van der Waals surface area contributed by atoms with Crippen LogP contribution in [0.5, 0.6) is 0 Å². The van der Waals surface area contributed by atoms with Gasteiger partial charge in [-0.05, 0) is 19.3 Å². The van der Waals surface area contributed by atoms with Crippen molar-refractivity contribution in [3.63, 3.8) is 0 Å². The third kappa shape index (κ3) is 4.36. The Kier molecular flexibility index (Phi) is 5.67. The standard InChI is InChI=1S/C17H27N5O3/c1-12-19-15(20-25-12)5-8-21(2)16(23)13-9-14(11-18-10-13)17(24)22-6-3-4-7-22/h13-14,18H,3-11H2,1-2H3/t13-,14+/m1/s1. The van der Waals surface area contributed by atoms with Gasteiger partial charge < -0.3 is 19.6 Å². The fourth-order valence-corrected chi connectivity index (χ4v) is 3.65. The molecule has 2 aliphatic heterocycles. The molecule has 0 saturated carbocycles. The average molecular weight is 349 g/mol. The van der Waals surface area contributed by atoms with Crippen molar-refractivity contribution < 1.29 is 14.1 Å². The summed E-state index contributed by atoms with van der Waals surface area (Å²) >= 11 is 0. The lowest BCUT2D eigenvalue weighted by molar-refractivity contribution is -0.139. The van der Waals surface area contributed by atoms with Gasteiger partial charge in [-0.15, -0.1) is 0 Å².